The first-order valence-electron chi connectivity index (χ1n) is 21.6. The molecule has 4 fully saturated rings. The zero-order valence-electron chi connectivity index (χ0n) is 35.4. The van der Waals surface area contributed by atoms with Crippen LogP contribution in [0.4, 0.5) is 23.1 Å². The molecule has 1 atom stereocenters. The summed E-state index contributed by atoms with van der Waals surface area (Å²) >= 11 is 6.60. The molecular weight excluding hydrogens is 830 g/mol. The zero-order chi connectivity index (χ0) is 44.2. The van der Waals surface area contributed by atoms with Crippen LogP contribution in [0, 0.1) is 5.41 Å². The summed E-state index contributed by atoms with van der Waals surface area (Å²) in [6.07, 6.45) is 7.64. The number of fused-ring (bicyclic) bond motifs is 2. The number of nitrogens with zero attached hydrogens (tertiary/aromatic N) is 6. The fraction of sp³-hybridized carbons (Fsp3) is 0.467. The largest absolute Gasteiger partial charge is 0.478 e. The van der Waals surface area contributed by atoms with Crippen LogP contribution < -0.4 is 36.0 Å². The molecule has 2 aromatic heterocycles. The fourth-order valence-corrected chi connectivity index (χ4v) is 9.93. The molecule has 18 heteroatoms. The number of hydrogen-bond acceptors (Lipinski definition) is 13. The number of imide groups is 2. The number of benzene rings is 2. The van der Waals surface area contributed by atoms with Crippen LogP contribution >= 0.6 is 11.6 Å². The molecule has 1 saturated carbocycles. The average molecular weight is 880 g/mol. The smallest absolute Gasteiger partial charge is 0.293 e. The van der Waals surface area contributed by atoms with Crippen molar-refractivity contribution in [1.82, 2.24) is 30.1 Å². The van der Waals surface area contributed by atoms with Crippen LogP contribution in [0.5, 0.6) is 5.75 Å². The van der Waals surface area contributed by atoms with Crippen LogP contribution in [0.2, 0.25) is 5.02 Å². The predicted octanol–water partition coefficient (Wildman–Crippen LogP) is 4.73. The number of pyridine rings is 1. The third-order valence-corrected chi connectivity index (χ3v) is 13.4. The van der Waals surface area contributed by atoms with Gasteiger partial charge in [-0.3, -0.25) is 39.0 Å². The van der Waals surface area contributed by atoms with Gasteiger partial charge in [0.25, 0.3) is 23.3 Å². The normalized spacial score (nSPS) is 20.3. The molecule has 2 aromatic carbocycles. The van der Waals surface area contributed by atoms with E-state index in [4.69, 9.17) is 26.1 Å². The molecule has 1 spiro atoms. The fourth-order valence-electron chi connectivity index (χ4n) is 9.79. The Morgan fingerprint density at radius 3 is 2.41 bits per heavy atom. The van der Waals surface area contributed by atoms with Crippen LogP contribution in [0.3, 0.4) is 0 Å². The van der Waals surface area contributed by atoms with Crippen molar-refractivity contribution in [2.45, 2.75) is 89.5 Å². The SMILES string of the molecule is CNC(=O)COc1cc2cc(Nc3nc(N4CC5(CCC(OC6CCN(c7cccc8c7C(=O)N(C7CCC(=O)NC7=O)C8=O)CC6)CC5)C4)ncc3Cl)ccc2n(C(C)C)c1=O. The van der Waals surface area contributed by atoms with Crippen molar-refractivity contribution in [2.24, 2.45) is 5.41 Å². The molecular formula is C45H50ClN9O8. The second kappa shape index (κ2) is 16.9. The van der Waals surface area contributed by atoms with E-state index in [0.29, 0.717) is 46.8 Å². The van der Waals surface area contributed by atoms with Crippen molar-refractivity contribution in [3.63, 3.8) is 0 Å². The van der Waals surface area contributed by atoms with Crippen molar-refractivity contribution >= 4 is 75.2 Å². The van der Waals surface area contributed by atoms with Gasteiger partial charge < -0.3 is 34.5 Å². The van der Waals surface area contributed by atoms with Crippen molar-refractivity contribution < 1.29 is 33.4 Å². The van der Waals surface area contributed by atoms with E-state index in [1.807, 2.05) is 38.1 Å². The first-order chi connectivity index (χ1) is 30.3. The second-order valence-corrected chi connectivity index (χ2v) is 17.9. The Morgan fingerprint density at radius 1 is 0.952 bits per heavy atom. The van der Waals surface area contributed by atoms with Gasteiger partial charge in [0.1, 0.15) is 11.1 Å². The Balaban J connectivity index is 0.779. The summed E-state index contributed by atoms with van der Waals surface area (Å²) in [5.74, 6) is -1.21. The maximum atomic E-state index is 13.7. The van der Waals surface area contributed by atoms with Gasteiger partial charge in [0, 0.05) is 62.2 Å². The Hall–Kier alpha value is -6.07. The minimum atomic E-state index is -1.00. The van der Waals surface area contributed by atoms with Crippen molar-refractivity contribution in [2.75, 3.05) is 55.0 Å². The number of hydrogen-bond donors (Lipinski definition) is 3. The first-order valence-corrected chi connectivity index (χ1v) is 22.0. The number of anilines is 4. The summed E-state index contributed by atoms with van der Waals surface area (Å²) in [5.41, 5.74) is 2.59. The molecule has 4 aromatic rings. The van der Waals surface area contributed by atoms with Crippen LogP contribution in [-0.2, 0) is 19.1 Å². The van der Waals surface area contributed by atoms with Crippen molar-refractivity contribution in [3.05, 3.63) is 75.2 Å². The molecule has 3 saturated heterocycles. The summed E-state index contributed by atoms with van der Waals surface area (Å²) in [6, 6.07) is 11.4. The van der Waals surface area contributed by atoms with Gasteiger partial charge in [0.2, 0.25) is 17.8 Å². The third-order valence-electron chi connectivity index (χ3n) is 13.1. The average Bonchev–Trinajstić information content (AvgIpc) is 3.51. The highest BCUT2D eigenvalue weighted by Crippen LogP contribution is 2.46. The molecule has 63 heavy (non-hydrogen) atoms. The number of carbonyl (C=O) groups is 5. The van der Waals surface area contributed by atoms with E-state index in [0.717, 1.165) is 67.4 Å². The van der Waals surface area contributed by atoms with E-state index in [1.165, 1.54) is 7.05 Å². The molecule has 4 aliphatic heterocycles. The van der Waals surface area contributed by atoms with E-state index in [1.54, 1.807) is 29.0 Å². The molecule has 1 unspecified atom stereocenters. The minimum Gasteiger partial charge on any atom is -0.478 e. The lowest BCUT2D eigenvalue weighted by molar-refractivity contribution is -0.136. The van der Waals surface area contributed by atoms with Crippen LogP contribution in [0.25, 0.3) is 10.9 Å². The van der Waals surface area contributed by atoms with E-state index >= 15 is 0 Å². The third kappa shape index (κ3) is 8.08. The standard InChI is InChI=1S/C45H50ClN9O8/c1-25(2)54-32-8-7-27(19-26(32)20-35(42(54)60)62-22-37(57)47-3)49-39-31(46)21-48-44(51-39)53-23-45(24-53)15-11-28(12-16-45)63-29-13-17-52(18-14-29)33-6-4-5-30-38(33)43(61)55(41(30)59)34-9-10-36(56)50-40(34)58/h4-8,19-21,25,28-29,34H,9-18,22-24H2,1-3H3,(H,47,57)(H,48,49,51)(H,50,56,58). The van der Waals surface area contributed by atoms with E-state index in [-0.39, 0.29) is 65.9 Å². The molecule has 3 N–H and O–H groups in total. The summed E-state index contributed by atoms with van der Waals surface area (Å²) in [7, 11) is 1.51. The Morgan fingerprint density at radius 2 is 1.70 bits per heavy atom. The Bertz CT molecular complexity index is 2580. The number of rotatable bonds is 11. The first kappa shape index (κ1) is 42.2. The predicted molar refractivity (Wildman–Crippen MR) is 235 cm³/mol. The van der Waals surface area contributed by atoms with Gasteiger partial charge in [-0.25, -0.2) is 4.98 Å². The molecule has 1 aliphatic carbocycles. The summed E-state index contributed by atoms with van der Waals surface area (Å²) < 4.78 is 13.9. The number of likely N-dealkylation sites (N-methyl/N-ethyl adjacent to an activating group) is 1. The highest BCUT2D eigenvalue weighted by molar-refractivity contribution is 6.33. The number of carbonyl (C=O) groups excluding carboxylic acids is 5. The molecule has 9 rings (SSSR count). The highest BCUT2D eigenvalue weighted by atomic mass is 35.5. The maximum absolute atomic E-state index is 13.7. The number of halogens is 1. The number of amides is 5. The second-order valence-electron chi connectivity index (χ2n) is 17.5. The van der Waals surface area contributed by atoms with Crippen molar-refractivity contribution in [1.29, 1.82) is 0 Å². The van der Waals surface area contributed by atoms with Gasteiger partial charge in [-0.15, -0.1) is 0 Å². The molecule has 330 valence electrons. The summed E-state index contributed by atoms with van der Waals surface area (Å²) in [6.45, 7) is 6.58. The zero-order valence-corrected chi connectivity index (χ0v) is 36.2. The number of piperidine rings is 2. The highest BCUT2D eigenvalue weighted by Gasteiger charge is 2.48. The Kier molecular flexibility index (Phi) is 11.3. The molecule has 5 amide bonds. The van der Waals surface area contributed by atoms with Crippen LogP contribution in [-0.4, -0.2) is 107 Å². The van der Waals surface area contributed by atoms with Crippen molar-refractivity contribution in [3.8, 4) is 5.75 Å². The molecule has 5 aliphatic rings. The minimum absolute atomic E-state index is 0.0761. The van der Waals surface area contributed by atoms with Gasteiger partial charge >= 0.3 is 0 Å². The van der Waals surface area contributed by atoms with E-state index in [2.05, 4.69) is 30.7 Å². The van der Waals surface area contributed by atoms with Crippen LogP contribution in [0.15, 0.2) is 53.5 Å². The monoisotopic (exact) mass is 879 g/mol. The molecule has 17 nitrogen and oxygen atoms in total. The quantitative estimate of drug-likeness (QED) is 0.175. The summed E-state index contributed by atoms with van der Waals surface area (Å²) in [4.78, 5) is 91.1. The summed E-state index contributed by atoms with van der Waals surface area (Å²) in [5, 5.41) is 9.20. The van der Waals surface area contributed by atoms with Gasteiger partial charge in [0.15, 0.2) is 18.2 Å². The molecule has 6 heterocycles. The topological polar surface area (TPSA) is 197 Å². The Labute approximate surface area is 368 Å². The van der Waals surface area contributed by atoms with E-state index in [9.17, 15) is 28.8 Å². The molecule has 0 radical (unpaired) electrons. The van der Waals surface area contributed by atoms with Gasteiger partial charge in [0.05, 0.1) is 40.7 Å². The van der Waals surface area contributed by atoms with E-state index < -0.39 is 29.7 Å². The lowest BCUT2D eigenvalue weighted by Crippen LogP contribution is -2.58. The van der Waals surface area contributed by atoms with Crippen LogP contribution in [0.1, 0.15) is 92.0 Å². The number of ether oxygens (including phenoxy) is 2. The maximum Gasteiger partial charge on any atom is 0.293 e. The number of nitrogens with one attached hydrogen (secondary N) is 3. The van der Waals surface area contributed by atoms with Gasteiger partial charge in [-0.05, 0) is 95.2 Å². The van der Waals surface area contributed by atoms with Gasteiger partial charge in [-0.2, -0.15) is 4.98 Å². The number of aromatic nitrogens is 3. The lowest BCUT2D eigenvalue weighted by atomic mass is 9.68. The van der Waals surface area contributed by atoms with Gasteiger partial charge in [-0.1, -0.05) is 17.7 Å². The lowest BCUT2D eigenvalue weighted by Gasteiger charge is -2.53. The molecule has 0 bridgehead atoms.